The summed E-state index contributed by atoms with van der Waals surface area (Å²) in [6.45, 7) is 7.47. The van der Waals surface area contributed by atoms with Crippen molar-refractivity contribution in [1.82, 2.24) is 4.98 Å². The zero-order chi connectivity index (χ0) is 18.8. The summed E-state index contributed by atoms with van der Waals surface area (Å²) >= 11 is 1.41. The number of rotatable bonds is 4. The molecule has 0 saturated heterocycles. The molecule has 0 radical (unpaired) electrons. The number of carbonyl (C=O) groups is 2. The van der Waals surface area contributed by atoms with Gasteiger partial charge >= 0.3 is 5.97 Å². The van der Waals surface area contributed by atoms with Gasteiger partial charge in [0.25, 0.3) is 5.91 Å². The standard InChI is InChI=1S/C20H20N2O3S/c1-11-5-6-15(13(3)7-11)19(24)25-10-17(23)21-20-22-18-14(4)8-12(2)9-16(18)26-20/h5-9H,10H2,1-4H3,(H,21,22,23). The number of thiazole rings is 1. The molecule has 0 spiro atoms. The molecule has 0 aliphatic rings. The van der Waals surface area contributed by atoms with Crippen molar-refractivity contribution in [1.29, 1.82) is 0 Å². The number of aromatic nitrogens is 1. The minimum Gasteiger partial charge on any atom is -0.452 e. The van der Waals surface area contributed by atoms with Crippen molar-refractivity contribution in [3.05, 3.63) is 58.1 Å². The predicted molar refractivity (Wildman–Crippen MR) is 104 cm³/mol. The summed E-state index contributed by atoms with van der Waals surface area (Å²) in [7, 11) is 0. The average Bonchev–Trinajstić information content (AvgIpc) is 2.95. The van der Waals surface area contributed by atoms with Gasteiger partial charge in [0.05, 0.1) is 15.8 Å². The Bertz CT molecular complexity index is 1010. The minimum absolute atomic E-state index is 0.347. The number of ether oxygens (including phenoxy) is 1. The van der Waals surface area contributed by atoms with Crippen LogP contribution in [0.3, 0.4) is 0 Å². The summed E-state index contributed by atoms with van der Waals surface area (Å²) in [5.41, 5.74) is 5.46. The van der Waals surface area contributed by atoms with Crippen LogP contribution in [0.1, 0.15) is 32.6 Å². The highest BCUT2D eigenvalue weighted by atomic mass is 32.1. The first-order chi connectivity index (χ1) is 12.3. The SMILES string of the molecule is Cc1ccc(C(=O)OCC(=O)Nc2nc3c(C)cc(C)cc3s2)c(C)c1. The second kappa shape index (κ2) is 7.25. The van der Waals surface area contributed by atoms with Gasteiger partial charge in [-0.25, -0.2) is 9.78 Å². The topological polar surface area (TPSA) is 68.3 Å². The molecular formula is C20H20N2O3S. The molecule has 1 heterocycles. The van der Waals surface area contributed by atoms with Crippen molar-refractivity contribution in [2.45, 2.75) is 27.7 Å². The molecule has 0 atom stereocenters. The molecule has 2 aromatic carbocycles. The number of hydrogen-bond acceptors (Lipinski definition) is 5. The van der Waals surface area contributed by atoms with E-state index in [0.29, 0.717) is 10.7 Å². The zero-order valence-electron chi connectivity index (χ0n) is 15.2. The van der Waals surface area contributed by atoms with E-state index in [2.05, 4.69) is 16.4 Å². The van der Waals surface area contributed by atoms with Crippen LogP contribution in [-0.2, 0) is 9.53 Å². The van der Waals surface area contributed by atoms with Gasteiger partial charge in [-0.2, -0.15) is 0 Å². The molecule has 0 saturated carbocycles. The third-order valence-corrected chi connectivity index (χ3v) is 4.93. The molecule has 0 aliphatic carbocycles. The van der Waals surface area contributed by atoms with Crippen molar-refractivity contribution < 1.29 is 14.3 Å². The molecule has 1 amide bonds. The second-order valence-electron chi connectivity index (χ2n) is 6.39. The van der Waals surface area contributed by atoms with Gasteiger partial charge < -0.3 is 4.74 Å². The average molecular weight is 368 g/mol. The van der Waals surface area contributed by atoms with Gasteiger partial charge in [0.2, 0.25) is 0 Å². The number of anilines is 1. The van der Waals surface area contributed by atoms with E-state index in [9.17, 15) is 9.59 Å². The van der Waals surface area contributed by atoms with Crippen molar-refractivity contribution in [3.63, 3.8) is 0 Å². The lowest BCUT2D eigenvalue weighted by atomic mass is 10.1. The lowest BCUT2D eigenvalue weighted by Crippen LogP contribution is -2.21. The number of esters is 1. The third kappa shape index (κ3) is 3.91. The Kier molecular flexibility index (Phi) is 5.04. The maximum Gasteiger partial charge on any atom is 0.338 e. The Hall–Kier alpha value is -2.73. The Labute approximate surface area is 156 Å². The molecule has 134 valence electrons. The molecule has 0 fully saturated rings. The second-order valence-corrected chi connectivity index (χ2v) is 7.42. The van der Waals surface area contributed by atoms with Crippen LogP contribution >= 0.6 is 11.3 Å². The molecule has 3 rings (SSSR count). The lowest BCUT2D eigenvalue weighted by molar-refractivity contribution is -0.119. The number of nitrogens with zero attached hydrogens (tertiary/aromatic N) is 1. The summed E-state index contributed by atoms with van der Waals surface area (Å²) in [6.07, 6.45) is 0. The molecule has 0 aliphatic heterocycles. The van der Waals surface area contributed by atoms with E-state index in [-0.39, 0.29) is 6.61 Å². The van der Waals surface area contributed by atoms with Crippen LogP contribution < -0.4 is 5.32 Å². The van der Waals surface area contributed by atoms with Gasteiger partial charge in [0, 0.05) is 0 Å². The van der Waals surface area contributed by atoms with Crippen LogP contribution in [0.5, 0.6) is 0 Å². The number of amides is 1. The quantitative estimate of drug-likeness (QED) is 0.696. The number of hydrogen-bond donors (Lipinski definition) is 1. The molecule has 3 aromatic rings. The van der Waals surface area contributed by atoms with Gasteiger partial charge in [-0.3, -0.25) is 10.1 Å². The summed E-state index contributed by atoms with van der Waals surface area (Å²) in [5.74, 6) is -0.912. The van der Waals surface area contributed by atoms with Crippen LogP contribution in [0.4, 0.5) is 5.13 Å². The highest BCUT2D eigenvalue weighted by Gasteiger charge is 2.14. The van der Waals surface area contributed by atoms with E-state index in [1.54, 1.807) is 6.07 Å². The molecule has 1 aromatic heterocycles. The van der Waals surface area contributed by atoms with Crippen molar-refractivity contribution in [3.8, 4) is 0 Å². The van der Waals surface area contributed by atoms with Gasteiger partial charge in [-0.05, 0) is 56.5 Å². The number of aryl methyl sites for hydroxylation is 4. The molecule has 0 unspecified atom stereocenters. The Balaban J connectivity index is 1.64. The zero-order valence-corrected chi connectivity index (χ0v) is 16.0. The summed E-state index contributed by atoms with van der Waals surface area (Å²) in [4.78, 5) is 28.7. The van der Waals surface area contributed by atoms with Crippen molar-refractivity contribution in [2.75, 3.05) is 11.9 Å². The minimum atomic E-state index is -0.506. The van der Waals surface area contributed by atoms with E-state index >= 15 is 0 Å². The highest BCUT2D eigenvalue weighted by Crippen LogP contribution is 2.29. The van der Waals surface area contributed by atoms with Crippen LogP contribution in [-0.4, -0.2) is 23.5 Å². The smallest absolute Gasteiger partial charge is 0.338 e. The molecular weight excluding hydrogens is 348 g/mol. The fraction of sp³-hybridized carbons (Fsp3) is 0.250. The van der Waals surface area contributed by atoms with Gasteiger partial charge in [0.1, 0.15) is 0 Å². The summed E-state index contributed by atoms with van der Waals surface area (Å²) < 4.78 is 6.14. The normalized spacial score (nSPS) is 10.8. The van der Waals surface area contributed by atoms with Crippen LogP contribution in [0.25, 0.3) is 10.2 Å². The lowest BCUT2D eigenvalue weighted by Gasteiger charge is -2.07. The predicted octanol–water partition coefficient (Wildman–Crippen LogP) is 4.33. The van der Waals surface area contributed by atoms with E-state index in [1.807, 2.05) is 45.9 Å². The highest BCUT2D eigenvalue weighted by molar-refractivity contribution is 7.22. The number of benzene rings is 2. The Morgan fingerprint density at radius 2 is 1.77 bits per heavy atom. The van der Waals surface area contributed by atoms with Gasteiger partial charge in [-0.15, -0.1) is 0 Å². The molecule has 6 heteroatoms. The number of nitrogens with one attached hydrogen (secondary N) is 1. The molecule has 0 bridgehead atoms. The monoisotopic (exact) mass is 368 g/mol. The van der Waals surface area contributed by atoms with Gasteiger partial charge in [0.15, 0.2) is 11.7 Å². The van der Waals surface area contributed by atoms with E-state index in [0.717, 1.165) is 32.5 Å². The molecule has 5 nitrogen and oxygen atoms in total. The van der Waals surface area contributed by atoms with Crippen molar-refractivity contribution in [2.24, 2.45) is 0 Å². The molecule has 1 N–H and O–H groups in total. The fourth-order valence-electron chi connectivity index (χ4n) is 2.83. The maximum atomic E-state index is 12.1. The summed E-state index contributed by atoms with van der Waals surface area (Å²) in [6, 6.07) is 9.55. The largest absolute Gasteiger partial charge is 0.452 e. The first kappa shape index (κ1) is 18.1. The van der Waals surface area contributed by atoms with E-state index < -0.39 is 11.9 Å². The van der Waals surface area contributed by atoms with E-state index in [1.165, 1.54) is 11.3 Å². The molecule has 26 heavy (non-hydrogen) atoms. The summed E-state index contributed by atoms with van der Waals surface area (Å²) in [5, 5.41) is 3.20. The van der Waals surface area contributed by atoms with Crippen LogP contribution in [0, 0.1) is 27.7 Å². The Morgan fingerprint density at radius 1 is 1.04 bits per heavy atom. The third-order valence-electron chi connectivity index (χ3n) is 4.01. The van der Waals surface area contributed by atoms with Gasteiger partial charge in [-0.1, -0.05) is 35.1 Å². The number of fused-ring (bicyclic) bond motifs is 1. The Morgan fingerprint density at radius 3 is 2.50 bits per heavy atom. The van der Waals surface area contributed by atoms with Crippen LogP contribution in [0.2, 0.25) is 0 Å². The maximum absolute atomic E-state index is 12.1. The van der Waals surface area contributed by atoms with Crippen LogP contribution in [0.15, 0.2) is 30.3 Å². The van der Waals surface area contributed by atoms with Crippen molar-refractivity contribution >= 4 is 38.6 Å². The van der Waals surface area contributed by atoms with E-state index in [4.69, 9.17) is 4.74 Å². The first-order valence-electron chi connectivity index (χ1n) is 8.25. The number of carbonyl (C=O) groups excluding carboxylic acids is 2. The first-order valence-corrected chi connectivity index (χ1v) is 9.07. The fourth-order valence-corrected chi connectivity index (χ4v) is 3.89.